The highest BCUT2D eigenvalue weighted by Crippen LogP contribution is 2.27. The van der Waals surface area contributed by atoms with E-state index in [2.05, 4.69) is 35.4 Å². The molecule has 5 N–H and O–H groups in total. The maximum Gasteiger partial charge on any atom is 0.220 e. The molecule has 0 aliphatic heterocycles. The Labute approximate surface area is 205 Å². The molecular weight excluding hydrogens is 448 g/mol. The smallest absolute Gasteiger partial charge is 0.220 e. The number of pyridine rings is 1. The van der Waals surface area contributed by atoms with E-state index in [1.165, 1.54) is 7.11 Å². The Morgan fingerprint density at radius 2 is 1.69 bits per heavy atom. The molecule has 3 aromatic rings. The fourth-order valence-corrected chi connectivity index (χ4v) is 3.80. The molecule has 3 rings (SSSR count). The molecule has 8 heteroatoms. The van der Waals surface area contributed by atoms with Gasteiger partial charge in [0.15, 0.2) is 0 Å². The van der Waals surface area contributed by atoms with Gasteiger partial charge in [-0.25, -0.2) is 0 Å². The number of methoxy groups -OCH3 is 1. The highest BCUT2D eigenvalue weighted by Gasteiger charge is 2.24. The lowest BCUT2D eigenvalue weighted by Crippen LogP contribution is -2.43. The largest absolute Gasteiger partial charge is 0.481 e. The van der Waals surface area contributed by atoms with Crippen molar-refractivity contribution < 1.29 is 29.9 Å². The summed E-state index contributed by atoms with van der Waals surface area (Å²) in [7, 11) is 1.52. The van der Waals surface area contributed by atoms with Crippen LogP contribution < -0.4 is 14.8 Å². The topological polar surface area (TPSA) is 124 Å². The molecule has 0 amide bonds. The number of nitrogens with zero attached hydrogens (tertiary/aromatic N) is 1. The minimum Gasteiger partial charge on any atom is -0.481 e. The minimum absolute atomic E-state index is 0.00644. The van der Waals surface area contributed by atoms with E-state index in [4.69, 9.17) is 14.6 Å². The maximum atomic E-state index is 10.0. The van der Waals surface area contributed by atoms with Gasteiger partial charge < -0.3 is 35.2 Å². The number of benzene rings is 2. The van der Waals surface area contributed by atoms with Crippen LogP contribution in [0.2, 0.25) is 0 Å². The number of aliphatic hydroxyl groups excluding tert-OH is 4. The average molecular weight is 483 g/mol. The number of aliphatic hydroxyl groups is 4. The summed E-state index contributed by atoms with van der Waals surface area (Å²) in [4.78, 5) is 4.44. The van der Waals surface area contributed by atoms with Gasteiger partial charge in [-0.05, 0) is 41.7 Å². The van der Waals surface area contributed by atoms with Crippen molar-refractivity contribution in [3.8, 4) is 22.9 Å². The van der Waals surface area contributed by atoms with Gasteiger partial charge in [-0.1, -0.05) is 48.5 Å². The number of ether oxygens (including phenoxy) is 2. The Hall–Kier alpha value is -3.01. The standard InChI is InChI=1S/C27H34N2O6/c1-18-21(9-6-10-22(18)19-7-4-3-5-8-19)17-35-25-12-11-20(27(29-25)34-2)15-28-16-24(32)26(33)23(31)13-14-30/h3-12,23-24,26,28,30-33H,13-17H2,1-2H3. The summed E-state index contributed by atoms with van der Waals surface area (Å²) < 4.78 is 11.4. The van der Waals surface area contributed by atoms with Crippen LogP contribution in [-0.4, -0.2) is 64.0 Å². The van der Waals surface area contributed by atoms with Crippen LogP contribution in [0.15, 0.2) is 60.7 Å². The lowest BCUT2D eigenvalue weighted by Gasteiger charge is -2.22. The molecule has 2 aromatic carbocycles. The van der Waals surface area contributed by atoms with E-state index >= 15 is 0 Å². The van der Waals surface area contributed by atoms with Crippen molar-refractivity contribution in [3.63, 3.8) is 0 Å². The van der Waals surface area contributed by atoms with Gasteiger partial charge in [-0.3, -0.25) is 0 Å². The van der Waals surface area contributed by atoms with Crippen LogP contribution in [0.4, 0.5) is 0 Å². The van der Waals surface area contributed by atoms with Gasteiger partial charge in [0.1, 0.15) is 12.7 Å². The van der Waals surface area contributed by atoms with Crippen LogP contribution in [0.1, 0.15) is 23.1 Å². The predicted molar refractivity (Wildman–Crippen MR) is 133 cm³/mol. The Bertz CT molecular complexity index is 1060. The lowest BCUT2D eigenvalue weighted by atomic mass is 9.97. The van der Waals surface area contributed by atoms with Crippen molar-refractivity contribution >= 4 is 0 Å². The van der Waals surface area contributed by atoms with Crippen LogP contribution in [0.5, 0.6) is 11.8 Å². The summed E-state index contributed by atoms with van der Waals surface area (Å²) in [5.74, 6) is 0.817. The average Bonchev–Trinajstić information content (AvgIpc) is 2.88. The van der Waals surface area contributed by atoms with Gasteiger partial charge in [0.25, 0.3) is 0 Å². The minimum atomic E-state index is -1.35. The number of aromatic nitrogens is 1. The van der Waals surface area contributed by atoms with Gasteiger partial charge in [-0.15, -0.1) is 0 Å². The summed E-state index contributed by atoms with van der Waals surface area (Å²) >= 11 is 0. The third-order valence-electron chi connectivity index (χ3n) is 5.90. The van der Waals surface area contributed by atoms with Crippen molar-refractivity contribution in [2.45, 2.75) is 44.8 Å². The Morgan fingerprint density at radius 3 is 2.40 bits per heavy atom. The van der Waals surface area contributed by atoms with Gasteiger partial charge in [0.2, 0.25) is 11.8 Å². The van der Waals surface area contributed by atoms with Crippen LogP contribution >= 0.6 is 0 Å². The molecule has 0 saturated carbocycles. The van der Waals surface area contributed by atoms with E-state index in [0.717, 1.165) is 27.8 Å². The fourth-order valence-electron chi connectivity index (χ4n) is 3.80. The van der Waals surface area contributed by atoms with E-state index < -0.39 is 18.3 Å². The lowest BCUT2D eigenvalue weighted by molar-refractivity contribution is -0.0644. The molecule has 0 saturated heterocycles. The second-order valence-corrected chi connectivity index (χ2v) is 8.33. The number of hydrogen-bond donors (Lipinski definition) is 5. The molecule has 3 unspecified atom stereocenters. The Kier molecular flexibility index (Phi) is 10.0. The molecule has 1 heterocycles. The molecule has 35 heavy (non-hydrogen) atoms. The molecular formula is C27H34N2O6. The van der Waals surface area contributed by atoms with Crippen molar-refractivity contribution in [3.05, 3.63) is 77.4 Å². The first-order chi connectivity index (χ1) is 16.9. The monoisotopic (exact) mass is 482 g/mol. The summed E-state index contributed by atoms with van der Waals surface area (Å²) in [5.41, 5.74) is 5.28. The van der Waals surface area contributed by atoms with E-state index in [1.54, 1.807) is 6.07 Å². The first-order valence-electron chi connectivity index (χ1n) is 11.6. The van der Waals surface area contributed by atoms with E-state index in [1.807, 2.05) is 36.4 Å². The van der Waals surface area contributed by atoms with Crippen molar-refractivity contribution in [2.75, 3.05) is 20.3 Å². The van der Waals surface area contributed by atoms with Crippen molar-refractivity contribution in [1.29, 1.82) is 0 Å². The van der Waals surface area contributed by atoms with E-state index in [9.17, 15) is 15.3 Å². The quantitative estimate of drug-likeness (QED) is 0.251. The number of hydrogen-bond acceptors (Lipinski definition) is 8. The summed E-state index contributed by atoms with van der Waals surface area (Å²) in [6.45, 7) is 2.54. The third-order valence-corrected chi connectivity index (χ3v) is 5.90. The van der Waals surface area contributed by atoms with Crippen LogP contribution in [0, 0.1) is 6.92 Å². The van der Waals surface area contributed by atoms with Crippen LogP contribution in [-0.2, 0) is 13.2 Å². The van der Waals surface area contributed by atoms with Gasteiger partial charge in [-0.2, -0.15) is 4.98 Å². The van der Waals surface area contributed by atoms with Gasteiger partial charge in [0, 0.05) is 31.3 Å². The third kappa shape index (κ3) is 7.24. The number of nitrogens with one attached hydrogen (secondary N) is 1. The fraction of sp³-hybridized carbons (Fsp3) is 0.370. The Morgan fingerprint density at radius 1 is 0.914 bits per heavy atom. The molecule has 0 radical (unpaired) electrons. The van der Waals surface area contributed by atoms with Gasteiger partial charge >= 0.3 is 0 Å². The molecule has 3 atom stereocenters. The maximum absolute atomic E-state index is 10.0. The predicted octanol–water partition coefficient (Wildman–Crippen LogP) is 2.20. The highest BCUT2D eigenvalue weighted by molar-refractivity contribution is 5.68. The SMILES string of the molecule is COc1nc(OCc2cccc(-c3ccccc3)c2C)ccc1CNCC(O)C(O)C(O)CCO. The molecule has 188 valence electrons. The summed E-state index contributed by atoms with van der Waals surface area (Å²) in [5, 5.41) is 41.5. The van der Waals surface area contributed by atoms with E-state index in [-0.39, 0.29) is 19.6 Å². The molecule has 1 aromatic heterocycles. The van der Waals surface area contributed by atoms with E-state index in [0.29, 0.717) is 24.9 Å². The summed E-state index contributed by atoms with van der Waals surface area (Å²) in [6, 6.07) is 19.9. The van der Waals surface area contributed by atoms with Crippen LogP contribution in [0.3, 0.4) is 0 Å². The summed E-state index contributed by atoms with van der Waals surface area (Å²) in [6.07, 6.45) is -3.74. The van der Waals surface area contributed by atoms with Crippen molar-refractivity contribution in [1.82, 2.24) is 10.3 Å². The first-order valence-corrected chi connectivity index (χ1v) is 11.6. The Balaban J connectivity index is 1.59. The van der Waals surface area contributed by atoms with Crippen molar-refractivity contribution in [2.24, 2.45) is 0 Å². The molecule has 0 aliphatic carbocycles. The highest BCUT2D eigenvalue weighted by atomic mass is 16.5. The second kappa shape index (κ2) is 13.2. The second-order valence-electron chi connectivity index (χ2n) is 8.33. The molecule has 0 fully saturated rings. The first kappa shape index (κ1) is 26.6. The zero-order chi connectivity index (χ0) is 25.2. The normalized spacial score (nSPS) is 13.8. The zero-order valence-corrected chi connectivity index (χ0v) is 20.1. The van der Waals surface area contributed by atoms with Gasteiger partial charge in [0.05, 0.1) is 19.3 Å². The zero-order valence-electron chi connectivity index (χ0n) is 20.1. The van der Waals surface area contributed by atoms with Crippen LogP contribution in [0.25, 0.3) is 11.1 Å². The molecule has 0 aliphatic rings. The molecule has 8 nitrogen and oxygen atoms in total. The number of rotatable bonds is 13. The molecule has 0 spiro atoms. The molecule has 0 bridgehead atoms.